The maximum absolute atomic E-state index is 14.2. The fraction of sp³-hybridized carbons (Fsp3) is 0.379. The van der Waals surface area contributed by atoms with E-state index in [0.717, 1.165) is 15.4 Å². The first-order chi connectivity index (χ1) is 20.2. The summed E-state index contributed by atoms with van der Waals surface area (Å²) >= 11 is 31.1. The lowest BCUT2D eigenvalue weighted by Gasteiger charge is -2.51. The number of alkyl halides is 3. The summed E-state index contributed by atoms with van der Waals surface area (Å²) in [6, 6.07) is 6.52. The quantitative estimate of drug-likeness (QED) is 0.157. The van der Waals surface area contributed by atoms with Crippen molar-refractivity contribution in [2.45, 2.75) is 35.4 Å². The number of rotatable bonds is 4. The molecule has 2 aromatic carbocycles. The van der Waals surface area contributed by atoms with Crippen LogP contribution in [0.5, 0.6) is 11.5 Å². The van der Waals surface area contributed by atoms with Crippen LogP contribution in [0.3, 0.4) is 0 Å². The Hall–Kier alpha value is -1.63. The Bertz CT molecular complexity index is 1690. The van der Waals surface area contributed by atoms with Crippen LogP contribution in [0.2, 0.25) is 5.02 Å². The van der Waals surface area contributed by atoms with Gasteiger partial charge in [-0.3, -0.25) is 24.1 Å². The molecule has 2 saturated heterocycles. The maximum Gasteiger partial charge on any atom is 0.254 e. The van der Waals surface area contributed by atoms with Crippen LogP contribution in [0.15, 0.2) is 44.9 Å². The van der Waals surface area contributed by atoms with Crippen molar-refractivity contribution in [2.75, 3.05) is 17.5 Å². The number of aromatic hydroxyl groups is 1. The van der Waals surface area contributed by atoms with Gasteiger partial charge >= 0.3 is 0 Å². The number of ether oxygens (including phenoxy) is 1. The molecule has 0 radical (unpaired) electrons. The third-order valence-electron chi connectivity index (χ3n) is 9.13. The minimum atomic E-state index is -2.01. The number of hydrogen-bond donors (Lipinski definition) is 1. The van der Waals surface area contributed by atoms with Gasteiger partial charge in [0.25, 0.3) is 11.8 Å². The molecule has 0 spiro atoms. The van der Waals surface area contributed by atoms with Crippen molar-refractivity contribution < 1.29 is 29.0 Å². The van der Waals surface area contributed by atoms with Gasteiger partial charge in [0.05, 0.1) is 34.6 Å². The zero-order chi connectivity index (χ0) is 31.3. The summed E-state index contributed by atoms with van der Waals surface area (Å²) < 4.78 is 6.01. The van der Waals surface area contributed by atoms with E-state index in [-0.39, 0.29) is 40.2 Å². The van der Waals surface area contributed by atoms with Crippen LogP contribution < -0.4 is 9.64 Å². The Labute approximate surface area is 287 Å². The number of methoxy groups -OCH3 is 1. The lowest BCUT2D eigenvalue weighted by Crippen LogP contribution is -2.60. The highest BCUT2D eigenvalue weighted by Gasteiger charge is 2.76. The standard InChI is InChI=1S/C29H22Br3Cl3N2O6/c1-11-3-4-12(7-17(11)33)37-24(39)14-6-5-13-16(19(14)25(37)40)9-28(34)26(41)36(10-30)27(42)29(28,35)20(13)15-8-18(43-2)23(38)22(32)21(15)31/h3-5,7-8,14,16,19-20,38H,6,9-10H2,1-2H3. The van der Waals surface area contributed by atoms with Crippen LogP contribution in [0.1, 0.15) is 29.9 Å². The molecule has 6 rings (SSSR count). The molecule has 4 aliphatic rings. The SMILES string of the molecule is COc1cc(C2C3=CCC4C(=O)N(c5ccc(C)c(Cl)c5)C(=O)C4C3CC3(Cl)C(=O)N(CBr)C(=O)C23Cl)c(Br)c(Br)c1O. The first-order valence-corrected chi connectivity index (χ1v) is 17.0. The Morgan fingerprint density at radius 1 is 1.05 bits per heavy atom. The van der Waals surface area contributed by atoms with Gasteiger partial charge in [0.15, 0.2) is 21.2 Å². The molecule has 1 N–H and O–H groups in total. The van der Waals surface area contributed by atoms with Crippen LogP contribution >= 0.6 is 82.6 Å². The molecular formula is C29H22Br3Cl3N2O6. The van der Waals surface area contributed by atoms with Gasteiger partial charge in [-0.25, -0.2) is 4.90 Å². The van der Waals surface area contributed by atoms with Crippen molar-refractivity contribution >= 4 is 112 Å². The first-order valence-electron chi connectivity index (χ1n) is 13.1. The average Bonchev–Trinajstić information content (AvgIpc) is 3.31. The molecule has 2 aromatic rings. The summed E-state index contributed by atoms with van der Waals surface area (Å²) in [7, 11) is 1.38. The number of aryl methyl sites for hydroxylation is 1. The lowest BCUT2D eigenvalue weighted by molar-refractivity contribution is -0.138. The van der Waals surface area contributed by atoms with Crippen molar-refractivity contribution in [3.05, 3.63) is 61.0 Å². The van der Waals surface area contributed by atoms with Crippen molar-refractivity contribution in [1.82, 2.24) is 4.90 Å². The highest BCUT2D eigenvalue weighted by molar-refractivity contribution is 9.13. The summed E-state index contributed by atoms with van der Waals surface area (Å²) in [6.07, 6.45) is 1.89. The second-order valence-electron chi connectivity index (χ2n) is 11.1. The third kappa shape index (κ3) is 4.10. The molecule has 14 heteroatoms. The highest BCUT2D eigenvalue weighted by atomic mass is 79.9. The Balaban J connectivity index is 1.56. The van der Waals surface area contributed by atoms with Crippen molar-refractivity contribution in [2.24, 2.45) is 17.8 Å². The third-order valence-corrected chi connectivity index (χ3v) is 13.6. The number of phenols is 1. The first kappa shape index (κ1) is 31.4. The number of amides is 4. The van der Waals surface area contributed by atoms with E-state index >= 15 is 0 Å². The number of benzene rings is 2. The number of anilines is 1. The van der Waals surface area contributed by atoms with Crippen LogP contribution in [0.4, 0.5) is 5.69 Å². The average molecular weight is 841 g/mol. The molecule has 43 heavy (non-hydrogen) atoms. The smallest absolute Gasteiger partial charge is 0.254 e. The van der Waals surface area contributed by atoms with E-state index in [4.69, 9.17) is 39.5 Å². The summed E-state index contributed by atoms with van der Waals surface area (Å²) in [5, 5.41) is 11.1. The number of allylic oxidation sites excluding steroid dienone is 2. The zero-order valence-corrected chi connectivity index (χ0v) is 29.5. The zero-order valence-electron chi connectivity index (χ0n) is 22.5. The number of phenolic OH excluding ortho intramolecular Hbond substituents is 1. The number of carbonyl (C=O) groups is 4. The monoisotopic (exact) mass is 836 g/mol. The molecule has 2 heterocycles. The molecule has 4 amide bonds. The molecular weight excluding hydrogens is 818 g/mol. The van der Waals surface area contributed by atoms with Crippen molar-refractivity contribution in [1.29, 1.82) is 0 Å². The number of hydrogen-bond acceptors (Lipinski definition) is 6. The van der Waals surface area contributed by atoms with Crippen molar-refractivity contribution in [3.8, 4) is 11.5 Å². The summed E-state index contributed by atoms with van der Waals surface area (Å²) in [5.74, 6) is -5.65. The number of imide groups is 2. The Morgan fingerprint density at radius 3 is 2.37 bits per heavy atom. The van der Waals surface area contributed by atoms with Gasteiger partial charge in [-0.15, -0.1) is 23.2 Å². The number of halogens is 6. The van der Waals surface area contributed by atoms with E-state index in [1.165, 1.54) is 13.2 Å². The van der Waals surface area contributed by atoms with Gasteiger partial charge in [-0.05, 0) is 86.9 Å². The van der Waals surface area contributed by atoms with Crippen LogP contribution in [0, 0.1) is 24.7 Å². The Kier molecular flexibility index (Phi) is 7.82. The maximum atomic E-state index is 14.2. The molecule has 6 unspecified atom stereocenters. The molecule has 0 bridgehead atoms. The summed E-state index contributed by atoms with van der Waals surface area (Å²) in [4.78, 5) is 53.9. The normalized spacial score (nSPS) is 31.7. The molecule has 0 aromatic heterocycles. The van der Waals surface area contributed by atoms with E-state index in [1.54, 1.807) is 18.2 Å². The molecule has 226 valence electrons. The van der Waals surface area contributed by atoms with Gasteiger partial charge < -0.3 is 9.84 Å². The van der Waals surface area contributed by atoms with Crippen LogP contribution in [-0.2, 0) is 19.2 Å². The summed E-state index contributed by atoms with van der Waals surface area (Å²) in [6.45, 7) is 1.82. The number of likely N-dealkylation sites (tertiary alicyclic amines) is 1. The van der Waals surface area contributed by atoms with Gasteiger partial charge in [0, 0.05) is 15.4 Å². The molecule has 3 fully saturated rings. The fourth-order valence-electron chi connectivity index (χ4n) is 7.05. The highest BCUT2D eigenvalue weighted by Crippen LogP contribution is 2.67. The second-order valence-corrected chi connectivity index (χ2v) is 14.8. The molecule has 2 aliphatic carbocycles. The largest absolute Gasteiger partial charge is 0.503 e. The predicted octanol–water partition coefficient (Wildman–Crippen LogP) is 6.80. The van der Waals surface area contributed by atoms with Crippen LogP contribution in [-0.4, -0.2) is 55.9 Å². The van der Waals surface area contributed by atoms with E-state index in [1.807, 2.05) is 13.0 Å². The van der Waals surface area contributed by atoms with E-state index in [9.17, 15) is 24.3 Å². The van der Waals surface area contributed by atoms with Gasteiger partial charge in [0.1, 0.15) is 0 Å². The minimum Gasteiger partial charge on any atom is -0.503 e. The predicted molar refractivity (Wildman–Crippen MR) is 172 cm³/mol. The molecule has 2 aliphatic heterocycles. The van der Waals surface area contributed by atoms with E-state index in [0.29, 0.717) is 26.3 Å². The Morgan fingerprint density at radius 2 is 1.74 bits per heavy atom. The number of fused-ring (bicyclic) bond motifs is 4. The summed E-state index contributed by atoms with van der Waals surface area (Å²) in [5.41, 5.74) is 2.03. The molecule has 1 saturated carbocycles. The fourth-order valence-corrected chi connectivity index (χ4v) is 9.60. The van der Waals surface area contributed by atoms with E-state index < -0.39 is 51.1 Å². The molecule has 6 atom stereocenters. The topological polar surface area (TPSA) is 104 Å². The van der Waals surface area contributed by atoms with Gasteiger partial charge in [-0.2, -0.15) is 0 Å². The van der Waals surface area contributed by atoms with Gasteiger partial charge in [-0.1, -0.05) is 45.2 Å². The lowest BCUT2D eigenvalue weighted by atomic mass is 9.56. The molecule has 8 nitrogen and oxygen atoms in total. The van der Waals surface area contributed by atoms with Crippen molar-refractivity contribution in [3.63, 3.8) is 0 Å². The minimum absolute atomic E-state index is 0.0885. The second kappa shape index (κ2) is 10.7. The van der Waals surface area contributed by atoms with E-state index in [2.05, 4.69) is 47.8 Å². The van der Waals surface area contributed by atoms with Crippen LogP contribution in [0.25, 0.3) is 0 Å². The number of nitrogens with zero attached hydrogens (tertiary/aromatic N) is 2. The van der Waals surface area contributed by atoms with Gasteiger partial charge in [0.2, 0.25) is 11.8 Å². The number of carbonyl (C=O) groups excluding carboxylic acids is 4.